The zero-order valence-corrected chi connectivity index (χ0v) is 13.0. The van der Waals surface area contributed by atoms with Crippen LogP contribution in [0.25, 0.3) is 17.2 Å². The monoisotopic (exact) mass is 370 g/mol. The molecule has 0 aliphatic heterocycles. The average Bonchev–Trinajstić information content (AvgIpc) is 3.00. The van der Waals surface area contributed by atoms with Crippen molar-refractivity contribution in [1.82, 2.24) is 24.7 Å². The molecule has 3 aromatic rings. The first-order chi connectivity index (χ1) is 11.7. The molecule has 0 aromatic carbocycles. The van der Waals surface area contributed by atoms with E-state index in [0.717, 1.165) is 16.9 Å². The summed E-state index contributed by atoms with van der Waals surface area (Å²) in [6, 6.07) is 5.32. The normalized spacial score (nSPS) is 12.3. The van der Waals surface area contributed by atoms with Gasteiger partial charge < -0.3 is 0 Å². The third kappa shape index (κ3) is 3.49. The third-order valence-corrected chi connectivity index (χ3v) is 3.95. The van der Waals surface area contributed by atoms with Crippen LogP contribution < -0.4 is 5.14 Å². The Kier molecular flexibility index (Phi) is 4.00. The summed E-state index contributed by atoms with van der Waals surface area (Å²) in [4.78, 5) is 10.9. The van der Waals surface area contributed by atoms with Crippen molar-refractivity contribution in [2.24, 2.45) is 5.14 Å². The van der Waals surface area contributed by atoms with Crippen LogP contribution in [-0.2, 0) is 16.2 Å². The van der Waals surface area contributed by atoms with Gasteiger partial charge in [-0.05, 0) is 24.3 Å². The second kappa shape index (κ2) is 5.89. The Morgan fingerprint density at radius 2 is 1.88 bits per heavy atom. The first-order valence-corrected chi connectivity index (χ1v) is 8.15. The van der Waals surface area contributed by atoms with E-state index in [1.54, 1.807) is 0 Å². The maximum Gasteiger partial charge on any atom is 0.453 e. The number of alkyl halides is 3. The molecule has 3 aromatic heterocycles. The predicted molar refractivity (Wildman–Crippen MR) is 78.8 cm³/mol. The Morgan fingerprint density at radius 1 is 1.12 bits per heavy atom. The molecule has 130 valence electrons. The zero-order chi connectivity index (χ0) is 18.2. The molecule has 3 heterocycles. The van der Waals surface area contributed by atoms with E-state index < -0.39 is 22.0 Å². The topological polar surface area (TPSA) is 117 Å². The predicted octanol–water partition coefficient (Wildman–Crippen LogP) is 1.39. The van der Waals surface area contributed by atoms with Crippen LogP contribution in [-0.4, -0.2) is 33.2 Å². The highest BCUT2D eigenvalue weighted by molar-refractivity contribution is 7.89. The lowest BCUT2D eigenvalue weighted by molar-refractivity contribution is -0.144. The standard InChI is InChI=1S/C13H9F3N6O2S/c14-13(15,16)12-20-11(8-2-1-5-18-6-8)22(21-12)10-4-3-9(7-19-10)25(17,23)24/h1-7H,(H2,17,23,24). The Bertz CT molecular complexity index is 1000. The number of nitrogens with zero attached hydrogens (tertiary/aromatic N) is 5. The number of primary sulfonamides is 1. The van der Waals surface area contributed by atoms with Gasteiger partial charge in [0.2, 0.25) is 10.0 Å². The van der Waals surface area contributed by atoms with Crippen LogP contribution >= 0.6 is 0 Å². The number of halogens is 3. The van der Waals surface area contributed by atoms with Gasteiger partial charge in [-0.1, -0.05) is 0 Å². The fraction of sp³-hybridized carbons (Fsp3) is 0.0769. The molecule has 0 atom stereocenters. The van der Waals surface area contributed by atoms with Gasteiger partial charge in [-0.15, -0.1) is 5.10 Å². The smallest absolute Gasteiger partial charge is 0.264 e. The lowest BCUT2D eigenvalue weighted by Gasteiger charge is -2.05. The summed E-state index contributed by atoms with van der Waals surface area (Å²) in [6.45, 7) is 0. The van der Waals surface area contributed by atoms with Crippen LogP contribution in [0.2, 0.25) is 0 Å². The highest BCUT2D eigenvalue weighted by atomic mass is 32.2. The van der Waals surface area contributed by atoms with Crippen LogP contribution in [0.5, 0.6) is 0 Å². The van der Waals surface area contributed by atoms with E-state index in [2.05, 4.69) is 20.1 Å². The number of sulfonamides is 1. The number of hydrogen-bond donors (Lipinski definition) is 1. The molecule has 0 amide bonds. The molecule has 3 rings (SSSR count). The van der Waals surface area contributed by atoms with Crippen molar-refractivity contribution >= 4 is 10.0 Å². The minimum absolute atomic E-state index is 0.0609. The summed E-state index contributed by atoms with van der Waals surface area (Å²) in [5, 5.41) is 8.40. The summed E-state index contributed by atoms with van der Waals surface area (Å²) in [7, 11) is -3.98. The molecule has 0 aliphatic carbocycles. The van der Waals surface area contributed by atoms with E-state index in [1.165, 1.54) is 30.6 Å². The molecule has 12 heteroatoms. The van der Waals surface area contributed by atoms with E-state index in [-0.39, 0.29) is 22.1 Å². The highest BCUT2D eigenvalue weighted by Gasteiger charge is 2.37. The minimum Gasteiger partial charge on any atom is -0.264 e. The number of hydrogen-bond acceptors (Lipinski definition) is 6. The van der Waals surface area contributed by atoms with Gasteiger partial charge in [0.25, 0.3) is 5.82 Å². The molecule has 0 radical (unpaired) electrons. The molecule has 0 bridgehead atoms. The van der Waals surface area contributed by atoms with Gasteiger partial charge in [0, 0.05) is 24.2 Å². The molecule has 0 fully saturated rings. The molecule has 8 nitrogen and oxygen atoms in total. The second-order valence-corrected chi connectivity index (χ2v) is 6.37. The lowest BCUT2D eigenvalue weighted by atomic mass is 10.3. The highest BCUT2D eigenvalue weighted by Crippen LogP contribution is 2.29. The van der Waals surface area contributed by atoms with Crippen molar-refractivity contribution in [2.75, 3.05) is 0 Å². The quantitative estimate of drug-likeness (QED) is 0.745. The Hall–Kier alpha value is -2.86. The first-order valence-electron chi connectivity index (χ1n) is 6.60. The van der Waals surface area contributed by atoms with E-state index in [0.29, 0.717) is 0 Å². The third-order valence-electron chi connectivity index (χ3n) is 3.05. The number of nitrogens with two attached hydrogens (primary N) is 1. The summed E-state index contributed by atoms with van der Waals surface area (Å²) >= 11 is 0. The van der Waals surface area contributed by atoms with E-state index >= 15 is 0 Å². The van der Waals surface area contributed by atoms with Gasteiger partial charge in [-0.3, -0.25) is 4.98 Å². The Balaban J connectivity index is 2.16. The SMILES string of the molecule is NS(=O)(=O)c1ccc(-n2nc(C(F)(F)F)nc2-c2cccnc2)nc1. The summed E-state index contributed by atoms with van der Waals surface area (Å²) in [5.41, 5.74) is 0.280. The fourth-order valence-electron chi connectivity index (χ4n) is 1.94. The molecule has 25 heavy (non-hydrogen) atoms. The molecular weight excluding hydrogens is 361 g/mol. The van der Waals surface area contributed by atoms with Crippen molar-refractivity contribution in [3.8, 4) is 17.2 Å². The van der Waals surface area contributed by atoms with Crippen molar-refractivity contribution in [1.29, 1.82) is 0 Å². The Labute approximate surface area is 139 Å². The fourth-order valence-corrected chi connectivity index (χ4v) is 2.40. The van der Waals surface area contributed by atoms with Crippen molar-refractivity contribution in [3.05, 3.63) is 48.7 Å². The molecule has 0 saturated carbocycles. The molecule has 0 saturated heterocycles. The van der Waals surface area contributed by atoms with Crippen molar-refractivity contribution in [2.45, 2.75) is 11.1 Å². The van der Waals surface area contributed by atoms with Gasteiger partial charge in [-0.2, -0.15) is 17.9 Å². The van der Waals surface area contributed by atoms with Crippen LogP contribution in [0, 0.1) is 0 Å². The maximum atomic E-state index is 13.0. The van der Waals surface area contributed by atoms with Gasteiger partial charge in [0.15, 0.2) is 11.6 Å². The van der Waals surface area contributed by atoms with Crippen molar-refractivity contribution in [3.63, 3.8) is 0 Å². The lowest BCUT2D eigenvalue weighted by Crippen LogP contribution is -2.13. The number of pyridine rings is 2. The average molecular weight is 370 g/mol. The second-order valence-electron chi connectivity index (χ2n) is 4.81. The molecule has 0 unspecified atom stereocenters. The summed E-state index contributed by atoms with van der Waals surface area (Å²) in [6.07, 6.45) is -1.07. The van der Waals surface area contributed by atoms with Gasteiger partial charge in [-0.25, -0.2) is 23.5 Å². The van der Waals surface area contributed by atoms with Gasteiger partial charge >= 0.3 is 6.18 Å². The number of aromatic nitrogens is 5. The van der Waals surface area contributed by atoms with E-state index in [1.807, 2.05) is 0 Å². The van der Waals surface area contributed by atoms with E-state index in [4.69, 9.17) is 5.14 Å². The Morgan fingerprint density at radius 3 is 2.40 bits per heavy atom. The molecular formula is C13H9F3N6O2S. The van der Waals surface area contributed by atoms with Crippen molar-refractivity contribution < 1.29 is 21.6 Å². The summed E-state index contributed by atoms with van der Waals surface area (Å²) in [5.74, 6) is -1.56. The van der Waals surface area contributed by atoms with Gasteiger partial charge in [0.05, 0.1) is 0 Å². The minimum atomic E-state index is -4.76. The van der Waals surface area contributed by atoms with Gasteiger partial charge in [0.1, 0.15) is 4.90 Å². The van der Waals surface area contributed by atoms with E-state index in [9.17, 15) is 21.6 Å². The summed E-state index contributed by atoms with van der Waals surface area (Å²) < 4.78 is 62.2. The molecule has 0 aliphatic rings. The number of rotatable bonds is 3. The van der Waals surface area contributed by atoms with Crippen LogP contribution in [0.4, 0.5) is 13.2 Å². The molecule has 2 N–H and O–H groups in total. The molecule has 0 spiro atoms. The largest absolute Gasteiger partial charge is 0.453 e. The van der Waals surface area contributed by atoms with Crippen LogP contribution in [0.1, 0.15) is 5.82 Å². The van der Waals surface area contributed by atoms with Crippen LogP contribution in [0.15, 0.2) is 47.8 Å². The maximum absolute atomic E-state index is 13.0. The first kappa shape index (κ1) is 17.0. The van der Waals surface area contributed by atoms with Crippen LogP contribution in [0.3, 0.4) is 0 Å². The zero-order valence-electron chi connectivity index (χ0n) is 12.2.